The number of nitrogens with zero attached hydrogens (tertiary/aromatic N) is 1. The summed E-state index contributed by atoms with van der Waals surface area (Å²) in [6.45, 7) is 7.19. The summed E-state index contributed by atoms with van der Waals surface area (Å²) < 4.78 is 5.41. The minimum absolute atomic E-state index is 0.104. The van der Waals surface area contributed by atoms with Crippen LogP contribution in [0.4, 0.5) is 10.5 Å². The summed E-state index contributed by atoms with van der Waals surface area (Å²) in [6, 6.07) is 17.4. The molecule has 0 unspecified atom stereocenters. The first-order valence-electron chi connectivity index (χ1n) is 7.94. The van der Waals surface area contributed by atoms with E-state index < -0.39 is 0 Å². The molecule has 0 heterocycles. The zero-order valence-electron chi connectivity index (χ0n) is 14.0. The Balaban J connectivity index is 2.03. The number of carbonyl (C=O) groups is 1. The first kappa shape index (κ1) is 16.9. The molecule has 0 radical (unpaired) electrons. The quantitative estimate of drug-likeness (QED) is 0.851. The molecular weight excluding hydrogens is 288 g/mol. The third-order valence-electron chi connectivity index (χ3n) is 3.50. The average molecular weight is 312 g/mol. The van der Waals surface area contributed by atoms with Crippen molar-refractivity contribution in [3.63, 3.8) is 0 Å². The van der Waals surface area contributed by atoms with Crippen molar-refractivity contribution >= 4 is 11.7 Å². The highest BCUT2D eigenvalue weighted by Crippen LogP contribution is 2.17. The highest BCUT2D eigenvalue weighted by Gasteiger charge is 2.17. The number of rotatable bonds is 6. The van der Waals surface area contributed by atoms with Crippen molar-refractivity contribution < 1.29 is 9.53 Å². The Labute approximate surface area is 138 Å². The molecule has 122 valence electrons. The monoisotopic (exact) mass is 312 g/mol. The molecule has 0 aliphatic heterocycles. The molecule has 2 aromatic carbocycles. The van der Waals surface area contributed by atoms with Crippen molar-refractivity contribution in [2.24, 2.45) is 0 Å². The van der Waals surface area contributed by atoms with Gasteiger partial charge in [0.05, 0.1) is 6.61 Å². The molecule has 2 rings (SSSR count). The van der Waals surface area contributed by atoms with E-state index in [0.717, 1.165) is 17.0 Å². The summed E-state index contributed by atoms with van der Waals surface area (Å²) in [4.78, 5) is 14.4. The summed E-state index contributed by atoms with van der Waals surface area (Å²) in [7, 11) is 0. The lowest BCUT2D eigenvalue weighted by atomic mass is 10.2. The molecular formula is C19H24N2O2. The smallest absolute Gasteiger partial charge is 0.322 e. The lowest BCUT2D eigenvalue weighted by Crippen LogP contribution is -2.39. The van der Waals surface area contributed by atoms with Crippen LogP contribution >= 0.6 is 0 Å². The van der Waals surface area contributed by atoms with Gasteiger partial charge in [-0.2, -0.15) is 0 Å². The van der Waals surface area contributed by atoms with Crippen molar-refractivity contribution in [1.29, 1.82) is 0 Å². The van der Waals surface area contributed by atoms with Crippen molar-refractivity contribution in [2.75, 3.05) is 11.9 Å². The third kappa shape index (κ3) is 5.02. The van der Waals surface area contributed by atoms with Crippen molar-refractivity contribution in [3.8, 4) is 5.75 Å². The number of benzene rings is 2. The molecule has 0 aromatic heterocycles. The Hall–Kier alpha value is -2.49. The van der Waals surface area contributed by atoms with E-state index in [0.29, 0.717) is 13.2 Å². The number of amides is 2. The van der Waals surface area contributed by atoms with Gasteiger partial charge in [-0.3, -0.25) is 0 Å². The molecule has 0 fully saturated rings. The van der Waals surface area contributed by atoms with Crippen LogP contribution in [0.3, 0.4) is 0 Å². The molecule has 0 atom stereocenters. The van der Waals surface area contributed by atoms with Gasteiger partial charge in [-0.1, -0.05) is 30.3 Å². The Morgan fingerprint density at radius 3 is 2.30 bits per heavy atom. The van der Waals surface area contributed by atoms with E-state index in [1.54, 1.807) is 0 Å². The van der Waals surface area contributed by atoms with Gasteiger partial charge in [0.2, 0.25) is 0 Å². The largest absolute Gasteiger partial charge is 0.494 e. The Kier molecular flexibility index (Phi) is 6.03. The minimum atomic E-state index is -0.104. The van der Waals surface area contributed by atoms with Gasteiger partial charge in [0, 0.05) is 18.3 Å². The average Bonchev–Trinajstić information content (AvgIpc) is 2.55. The van der Waals surface area contributed by atoms with Crippen molar-refractivity contribution in [3.05, 3.63) is 60.2 Å². The molecule has 1 N–H and O–H groups in total. The second-order valence-corrected chi connectivity index (χ2v) is 5.59. The molecule has 2 aromatic rings. The van der Waals surface area contributed by atoms with E-state index in [-0.39, 0.29) is 12.1 Å². The fraction of sp³-hybridized carbons (Fsp3) is 0.316. The van der Waals surface area contributed by atoms with Crippen LogP contribution in [0, 0.1) is 0 Å². The predicted molar refractivity (Wildman–Crippen MR) is 93.8 cm³/mol. The van der Waals surface area contributed by atoms with Crippen LogP contribution in [0.5, 0.6) is 5.75 Å². The van der Waals surface area contributed by atoms with Crippen molar-refractivity contribution in [2.45, 2.75) is 33.4 Å². The third-order valence-corrected chi connectivity index (χ3v) is 3.50. The summed E-state index contributed by atoms with van der Waals surface area (Å²) in [5, 5.41) is 2.94. The number of urea groups is 1. The number of ether oxygens (including phenoxy) is 1. The maximum absolute atomic E-state index is 12.6. The highest BCUT2D eigenvalue weighted by atomic mass is 16.5. The van der Waals surface area contributed by atoms with Gasteiger partial charge in [-0.05, 0) is 50.6 Å². The van der Waals surface area contributed by atoms with E-state index >= 15 is 0 Å². The molecule has 2 amide bonds. The zero-order chi connectivity index (χ0) is 16.7. The van der Waals surface area contributed by atoms with Gasteiger partial charge in [-0.25, -0.2) is 4.79 Å². The molecule has 0 aliphatic carbocycles. The molecule has 4 heteroatoms. The first-order chi connectivity index (χ1) is 11.1. The fourth-order valence-electron chi connectivity index (χ4n) is 2.27. The van der Waals surface area contributed by atoms with Crippen LogP contribution in [-0.4, -0.2) is 23.6 Å². The van der Waals surface area contributed by atoms with Gasteiger partial charge in [-0.15, -0.1) is 0 Å². The molecule has 0 bridgehead atoms. The van der Waals surface area contributed by atoms with Gasteiger partial charge in [0.25, 0.3) is 0 Å². The standard InChI is InChI=1S/C19H24N2O2/c1-4-23-18-12-10-17(11-13-18)20-19(22)21(15(2)3)14-16-8-6-5-7-9-16/h5-13,15H,4,14H2,1-3H3,(H,20,22). The van der Waals surface area contributed by atoms with E-state index in [1.807, 2.05) is 80.3 Å². The van der Waals surface area contributed by atoms with Crippen molar-refractivity contribution in [1.82, 2.24) is 4.90 Å². The van der Waals surface area contributed by atoms with E-state index in [4.69, 9.17) is 4.74 Å². The van der Waals surface area contributed by atoms with Gasteiger partial charge in [0.1, 0.15) is 5.75 Å². The van der Waals surface area contributed by atoms with Crippen LogP contribution in [0.15, 0.2) is 54.6 Å². The summed E-state index contributed by atoms with van der Waals surface area (Å²) in [5.74, 6) is 0.801. The molecule has 0 aliphatic rings. The molecule has 0 saturated heterocycles. The Morgan fingerprint density at radius 2 is 1.74 bits per heavy atom. The van der Waals surface area contributed by atoms with Crippen LogP contribution in [0.25, 0.3) is 0 Å². The number of nitrogens with one attached hydrogen (secondary N) is 1. The SMILES string of the molecule is CCOc1ccc(NC(=O)N(Cc2ccccc2)C(C)C)cc1. The molecule has 0 saturated carbocycles. The van der Waals surface area contributed by atoms with Gasteiger partial charge < -0.3 is 15.0 Å². The number of hydrogen-bond donors (Lipinski definition) is 1. The summed E-state index contributed by atoms with van der Waals surface area (Å²) in [6.07, 6.45) is 0. The van der Waals surface area contributed by atoms with Crippen LogP contribution < -0.4 is 10.1 Å². The second-order valence-electron chi connectivity index (χ2n) is 5.59. The summed E-state index contributed by atoms with van der Waals surface area (Å²) >= 11 is 0. The van der Waals surface area contributed by atoms with E-state index in [2.05, 4.69) is 5.32 Å². The maximum Gasteiger partial charge on any atom is 0.322 e. The lowest BCUT2D eigenvalue weighted by molar-refractivity contribution is 0.193. The Bertz CT molecular complexity index is 609. The maximum atomic E-state index is 12.6. The molecule has 23 heavy (non-hydrogen) atoms. The fourth-order valence-corrected chi connectivity index (χ4v) is 2.27. The number of hydrogen-bond acceptors (Lipinski definition) is 2. The van der Waals surface area contributed by atoms with E-state index in [1.165, 1.54) is 0 Å². The number of anilines is 1. The molecule has 4 nitrogen and oxygen atoms in total. The predicted octanol–water partition coefficient (Wildman–Crippen LogP) is 4.53. The molecule has 0 spiro atoms. The second kappa shape index (κ2) is 8.22. The first-order valence-corrected chi connectivity index (χ1v) is 7.94. The van der Waals surface area contributed by atoms with Gasteiger partial charge >= 0.3 is 6.03 Å². The van der Waals surface area contributed by atoms with Gasteiger partial charge in [0.15, 0.2) is 0 Å². The Morgan fingerprint density at radius 1 is 1.09 bits per heavy atom. The highest BCUT2D eigenvalue weighted by molar-refractivity contribution is 5.89. The van der Waals surface area contributed by atoms with E-state index in [9.17, 15) is 4.79 Å². The summed E-state index contributed by atoms with van der Waals surface area (Å²) in [5.41, 5.74) is 1.88. The lowest BCUT2D eigenvalue weighted by Gasteiger charge is -2.27. The van der Waals surface area contributed by atoms with Crippen LogP contribution in [0.1, 0.15) is 26.3 Å². The van der Waals surface area contributed by atoms with Crippen LogP contribution in [0.2, 0.25) is 0 Å². The minimum Gasteiger partial charge on any atom is -0.494 e. The normalized spacial score (nSPS) is 10.4. The zero-order valence-corrected chi connectivity index (χ0v) is 14.0. The topological polar surface area (TPSA) is 41.6 Å². The number of carbonyl (C=O) groups excluding carboxylic acids is 1. The van der Waals surface area contributed by atoms with Crippen LogP contribution in [-0.2, 0) is 6.54 Å².